The number of imidazole rings is 1. The van der Waals surface area contributed by atoms with Crippen LogP contribution in [0.4, 0.5) is 11.4 Å². The first kappa shape index (κ1) is 22.7. The minimum atomic E-state index is -0.499. The van der Waals surface area contributed by atoms with Gasteiger partial charge in [-0.15, -0.1) is 6.42 Å². The zero-order valence-electron chi connectivity index (χ0n) is 17.8. The van der Waals surface area contributed by atoms with Crippen molar-refractivity contribution >= 4 is 34.8 Å². The van der Waals surface area contributed by atoms with Crippen molar-refractivity contribution < 1.29 is 9.59 Å². The van der Waals surface area contributed by atoms with Crippen LogP contribution in [0.3, 0.4) is 0 Å². The summed E-state index contributed by atoms with van der Waals surface area (Å²) < 4.78 is 1.71. The van der Waals surface area contributed by atoms with Crippen LogP contribution in [0.5, 0.6) is 0 Å². The molecule has 1 aromatic heterocycles. The molecule has 2 heterocycles. The molecule has 0 unspecified atom stereocenters. The van der Waals surface area contributed by atoms with Crippen LogP contribution in [0.2, 0.25) is 5.02 Å². The van der Waals surface area contributed by atoms with E-state index in [1.165, 1.54) is 0 Å². The van der Waals surface area contributed by atoms with Gasteiger partial charge in [-0.25, -0.2) is 4.98 Å². The fraction of sp³-hybridized carbons (Fsp3) is 0.435. The standard InChI is InChI=1S/C23H28ClN5O2/c1-3-11-28(12-4-2)20-9-8-18(15-19(20)24)26-23(31)21-7-5-6-13-29(21)22(30)16-27-14-10-25-17-27/h1,8-10,14-15,17,21H,4-7,11-13,16H2,2H3,(H,26,31)/t21-/m1/s1. The Labute approximate surface area is 188 Å². The molecule has 1 atom stereocenters. The monoisotopic (exact) mass is 441 g/mol. The number of amides is 2. The topological polar surface area (TPSA) is 70.5 Å². The van der Waals surface area contributed by atoms with Gasteiger partial charge in [-0.3, -0.25) is 9.59 Å². The Morgan fingerprint density at radius 1 is 1.39 bits per heavy atom. The summed E-state index contributed by atoms with van der Waals surface area (Å²) in [6, 6.07) is 4.92. The molecule has 0 saturated carbocycles. The van der Waals surface area contributed by atoms with Gasteiger partial charge < -0.3 is 19.7 Å². The van der Waals surface area contributed by atoms with Gasteiger partial charge in [0, 0.05) is 31.2 Å². The average molecular weight is 442 g/mol. The molecule has 164 valence electrons. The lowest BCUT2D eigenvalue weighted by Gasteiger charge is -2.35. The third-order valence-electron chi connectivity index (χ3n) is 5.33. The second-order valence-corrected chi connectivity index (χ2v) is 8.02. The quantitative estimate of drug-likeness (QED) is 0.637. The number of rotatable bonds is 8. The van der Waals surface area contributed by atoms with Crippen LogP contribution in [0.25, 0.3) is 0 Å². The third kappa shape index (κ3) is 5.80. The Morgan fingerprint density at radius 2 is 2.23 bits per heavy atom. The molecule has 1 N–H and O–H groups in total. The summed E-state index contributed by atoms with van der Waals surface area (Å²) >= 11 is 6.49. The molecule has 1 fully saturated rings. The molecule has 31 heavy (non-hydrogen) atoms. The summed E-state index contributed by atoms with van der Waals surface area (Å²) in [4.78, 5) is 33.5. The maximum Gasteiger partial charge on any atom is 0.247 e. The van der Waals surface area contributed by atoms with E-state index in [1.807, 2.05) is 17.0 Å². The number of nitrogens with zero attached hydrogens (tertiary/aromatic N) is 4. The lowest BCUT2D eigenvalue weighted by molar-refractivity contribution is -0.140. The number of anilines is 2. The SMILES string of the molecule is C#CCN(CCC)c1ccc(NC(=O)[C@H]2CCCCN2C(=O)Cn2ccnc2)cc1Cl. The molecule has 2 aromatic rings. The minimum Gasteiger partial charge on any atom is -0.359 e. The summed E-state index contributed by atoms with van der Waals surface area (Å²) in [6.45, 7) is 4.09. The molecule has 3 rings (SSSR count). The predicted octanol–water partition coefficient (Wildman–Crippen LogP) is 3.41. The number of carbonyl (C=O) groups excluding carboxylic acids is 2. The van der Waals surface area contributed by atoms with Crippen LogP contribution in [-0.2, 0) is 16.1 Å². The predicted molar refractivity (Wildman–Crippen MR) is 123 cm³/mol. The van der Waals surface area contributed by atoms with E-state index in [-0.39, 0.29) is 18.4 Å². The molecule has 1 aliphatic rings. The molecule has 1 aliphatic heterocycles. The Balaban J connectivity index is 1.69. The van der Waals surface area contributed by atoms with Crippen LogP contribution in [0.1, 0.15) is 32.6 Å². The van der Waals surface area contributed by atoms with Crippen molar-refractivity contribution in [3.8, 4) is 12.3 Å². The molecular formula is C23H28ClN5O2. The molecule has 2 amide bonds. The molecule has 0 spiro atoms. The van der Waals surface area contributed by atoms with Gasteiger partial charge in [0.2, 0.25) is 11.8 Å². The highest BCUT2D eigenvalue weighted by atomic mass is 35.5. The second-order valence-electron chi connectivity index (χ2n) is 7.61. The highest BCUT2D eigenvalue weighted by Crippen LogP contribution is 2.29. The molecule has 1 saturated heterocycles. The fourth-order valence-electron chi connectivity index (χ4n) is 3.86. The zero-order chi connectivity index (χ0) is 22.2. The number of terminal acetylenes is 1. The Hall–Kier alpha value is -2.98. The summed E-state index contributed by atoms with van der Waals surface area (Å²) in [5.41, 5.74) is 1.44. The zero-order valence-corrected chi connectivity index (χ0v) is 18.5. The van der Waals surface area contributed by atoms with Crippen molar-refractivity contribution in [2.45, 2.75) is 45.2 Å². The summed E-state index contributed by atoms with van der Waals surface area (Å²) in [7, 11) is 0. The Morgan fingerprint density at radius 3 is 2.90 bits per heavy atom. The lowest BCUT2D eigenvalue weighted by atomic mass is 10.0. The van der Waals surface area contributed by atoms with E-state index in [2.05, 4.69) is 23.1 Å². The van der Waals surface area contributed by atoms with Gasteiger partial charge in [-0.2, -0.15) is 0 Å². The number of hydrogen-bond acceptors (Lipinski definition) is 4. The summed E-state index contributed by atoms with van der Waals surface area (Å²) in [5.74, 6) is 2.37. The van der Waals surface area contributed by atoms with Crippen molar-refractivity contribution in [2.24, 2.45) is 0 Å². The van der Waals surface area contributed by atoms with E-state index in [0.29, 0.717) is 30.2 Å². The van der Waals surface area contributed by atoms with E-state index in [4.69, 9.17) is 18.0 Å². The number of hydrogen-bond donors (Lipinski definition) is 1. The molecule has 7 nitrogen and oxygen atoms in total. The maximum absolute atomic E-state index is 13.0. The Bertz CT molecular complexity index is 938. The average Bonchev–Trinajstić information content (AvgIpc) is 3.27. The first-order valence-corrected chi connectivity index (χ1v) is 10.9. The molecular weight excluding hydrogens is 414 g/mol. The van der Waals surface area contributed by atoms with Crippen molar-refractivity contribution in [2.75, 3.05) is 29.9 Å². The number of aromatic nitrogens is 2. The third-order valence-corrected chi connectivity index (χ3v) is 5.64. The van der Waals surface area contributed by atoms with Crippen LogP contribution in [-0.4, -0.2) is 51.9 Å². The van der Waals surface area contributed by atoms with E-state index in [1.54, 1.807) is 34.3 Å². The maximum atomic E-state index is 13.0. The highest BCUT2D eigenvalue weighted by Gasteiger charge is 2.32. The van der Waals surface area contributed by atoms with Crippen molar-refractivity contribution in [1.29, 1.82) is 0 Å². The number of halogens is 1. The first-order chi connectivity index (χ1) is 15.0. The van der Waals surface area contributed by atoms with E-state index < -0.39 is 6.04 Å². The number of benzene rings is 1. The Kier molecular flexibility index (Phi) is 7.96. The normalized spacial score (nSPS) is 15.9. The summed E-state index contributed by atoms with van der Waals surface area (Å²) in [6.07, 6.45) is 13.8. The van der Waals surface area contributed by atoms with Crippen molar-refractivity contribution in [1.82, 2.24) is 14.5 Å². The first-order valence-electron chi connectivity index (χ1n) is 10.6. The van der Waals surface area contributed by atoms with Gasteiger partial charge in [-0.05, 0) is 43.9 Å². The molecule has 0 radical (unpaired) electrons. The second kappa shape index (κ2) is 10.9. The van der Waals surface area contributed by atoms with Gasteiger partial charge in [0.05, 0.1) is 23.6 Å². The number of piperidine rings is 1. The molecule has 0 bridgehead atoms. The van der Waals surface area contributed by atoms with E-state index in [9.17, 15) is 9.59 Å². The van der Waals surface area contributed by atoms with Gasteiger partial charge in [-0.1, -0.05) is 24.4 Å². The molecule has 0 aliphatic carbocycles. The van der Waals surface area contributed by atoms with Crippen molar-refractivity contribution in [3.05, 3.63) is 41.9 Å². The van der Waals surface area contributed by atoms with E-state index in [0.717, 1.165) is 31.5 Å². The lowest BCUT2D eigenvalue weighted by Crippen LogP contribution is -2.50. The molecule has 1 aromatic carbocycles. The van der Waals surface area contributed by atoms with Crippen molar-refractivity contribution in [3.63, 3.8) is 0 Å². The van der Waals surface area contributed by atoms with Crippen LogP contribution in [0, 0.1) is 12.3 Å². The van der Waals surface area contributed by atoms with Crippen LogP contribution < -0.4 is 10.2 Å². The van der Waals surface area contributed by atoms with E-state index >= 15 is 0 Å². The van der Waals surface area contributed by atoms with Gasteiger partial charge in [0.15, 0.2) is 0 Å². The fourth-order valence-corrected chi connectivity index (χ4v) is 4.16. The molecule has 8 heteroatoms. The number of likely N-dealkylation sites (tertiary alicyclic amines) is 1. The summed E-state index contributed by atoms with van der Waals surface area (Å²) in [5, 5.41) is 3.46. The minimum absolute atomic E-state index is 0.0873. The smallest absolute Gasteiger partial charge is 0.247 e. The van der Waals surface area contributed by atoms with Crippen LogP contribution in [0.15, 0.2) is 36.9 Å². The highest BCUT2D eigenvalue weighted by molar-refractivity contribution is 6.33. The van der Waals surface area contributed by atoms with Gasteiger partial charge in [0.25, 0.3) is 0 Å². The largest absolute Gasteiger partial charge is 0.359 e. The van der Waals surface area contributed by atoms with Gasteiger partial charge >= 0.3 is 0 Å². The number of carbonyl (C=O) groups is 2. The van der Waals surface area contributed by atoms with Crippen LogP contribution >= 0.6 is 11.6 Å². The number of nitrogens with one attached hydrogen (secondary N) is 1. The van der Waals surface area contributed by atoms with Gasteiger partial charge in [0.1, 0.15) is 12.6 Å².